The van der Waals surface area contributed by atoms with Crippen molar-refractivity contribution in [3.63, 3.8) is 0 Å². The number of anilines is 1. The van der Waals surface area contributed by atoms with E-state index in [9.17, 15) is 9.59 Å². The van der Waals surface area contributed by atoms with Gasteiger partial charge in [0, 0.05) is 36.0 Å². The van der Waals surface area contributed by atoms with Crippen LogP contribution in [0.4, 0.5) is 5.82 Å². The van der Waals surface area contributed by atoms with E-state index >= 15 is 0 Å². The highest BCUT2D eigenvalue weighted by atomic mass is 28.3. The van der Waals surface area contributed by atoms with Gasteiger partial charge in [0.15, 0.2) is 14.7 Å². The van der Waals surface area contributed by atoms with Crippen molar-refractivity contribution in [3.8, 4) is 5.88 Å². The minimum Gasteiger partial charge on any atom is -0.481 e. The van der Waals surface area contributed by atoms with Gasteiger partial charge in [0.1, 0.15) is 11.6 Å². The van der Waals surface area contributed by atoms with Gasteiger partial charge in [0.2, 0.25) is 5.88 Å². The first-order valence-corrected chi connectivity index (χ1v) is 15.3. The minimum absolute atomic E-state index is 0.0323. The quantitative estimate of drug-likeness (QED) is 0.358. The van der Waals surface area contributed by atoms with E-state index in [0.717, 1.165) is 10.9 Å². The lowest BCUT2D eigenvalue weighted by Gasteiger charge is -2.32. The van der Waals surface area contributed by atoms with Crippen molar-refractivity contribution in [3.05, 3.63) is 59.7 Å². The number of benzene rings is 1. The molecule has 0 saturated carbocycles. The number of fused-ring (bicyclic) bond motifs is 2. The zero-order chi connectivity index (χ0) is 26.0. The van der Waals surface area contributed by atoms with Gasteiger partial charge < -0.3 is 9.16 Å². The lowest BCUT2D eigenvalue weighted by atomic mass is 9.85. The van der Waals surface area contributed by atoms with E-state index in [1.807, 2.05) is 42.5 Å². The van der Waals surface area contributed by atoms with E-state index in [1.54, 1.807) is 18.1 Å². The highest BCUT2D eigenvalue weighted by Crippen LogP contribution is 2.40. The van der Waals surface area contributed by atoms with Gasteiger partial charge in [-0.2, -0.15) is 4.98 Å². The molecule has 0 saturated heterocycles. The van der Waals surface area contributed by atoms with Crippen LogP contribution < -0.4 is 9.64 Å². The van der Waals surface area contributed by atoms with Crippen molar-refractivity contribution >= 4 is 37.6 Å². The molecular formula is C28H35N3O4Si. The van der Waals surface area contributed by atoms with Gasteiger partial charge in [-0.05, 0) is 54.8 Å². The SMILES string of the molecule is COc1ccc2ccc(N3C(=O)c4ccccc4C3CC(=O)CCC(O[SiH](C)C)C(C)(C)C)nc2n1. The summed E-state index contributed by atoms with van der Waals surface area (Å²) in [5.74, 6) is 0.886. The zero-order valence-electron chi connectivity index (χ0n) is 21.9. The summed E-state index contributed by atoms with van der Waals surface area (Å²) in [4.78, 5) is 37.5. The molecule has 1 aromatic carbocycles. The third kappa shape index (κ3) is 5.49. The average molecular weight is 506 g/mol. The Bertz CT molecular complexity index is 1270. The molecule has 8 heteroatoms. The Kier molecular flexibility index (Phi) is 7.56. The summed E-state index contributed by atoms with van der Waals surface area (Å²) in [5, 5.41) is 0.846. The van der Waals surface area contributed by atoms with E-state index in [-0.39, 0.29) is 29.6 Å². The van der Waals surface area contributed by atoms with Crippen molar-refractivity contribution in [1.29, 1.82) is 0 Å². The first-order valence-electron chi connectivity index (χ1n) is 12.5. The molecular weight excluding hydrogens is 470 g/mol. The van der Waals surface area contributed by atoms with Crippen LogP contribution in [0.1, 0.15) is 62.0 Å². The van der Waals surface area contributed by atoms with Crippen molar-refractivity contribution in [2.24, 2.45) is 5.41 Å². The van der Waals surface area contributed by atoms with Gasteiger partial charge in [-0.3, -0.25) is 14.5 Å². The Morgan fingerprint density at radius 3 is 2.50 bits per heavy atom. The van der Waals surface area contributed by atoms with Crippen LogP contribution in [-0.2, 0) is 9.22 Å². The number of hydrogen-bond acceptors (Lipinski definition) is 6. The van der Waals surface area contributed by atoms with E-state index in [4.69, 9.17) is 9.16 Å². The average Bonchev–Trinajstić information content (AvgIpc) is 3.11. The second-order valence-electron chi connectivity index (χ2n) is 10.7. The summed E-state index contributed by atoms with van der Waals surface area (Å²) < 4.78 is 11.5. The smallest absolute Gasteiger partial charge is 0.260 e. The first-order chi connectivity index (χ1) is 17.1. The van der Waals surface area contributed by atoms with E-state index in [0.29, 0.717) is 35.8 Å². The number of Topliss-reactive ketones (excluding diaryl/α,β-unsaturated/α-hetero) is 1. The maximum atomic E-state index is 13.5. The molecule has 0 fully saturated rings. The Morgan fingerprint density at radius 1 is 1.08 bits per heavy atom. The number of pyridine rings is 2. The molecule has 1 amide bonds. The zero-order valence-corrected chi connectivity index (χ0v) is 23.1. The number of carbonyl (C=O) groups is 2. The monoisotopic (exact) mass is 505 g/mol. The van der Waals surface area contributed by atoms with E-state index in [1.165, 1.54) is 0 Å². The van der Waals surface area contributed by atoms with Crippen LogP contribution in [0.15, 0.2) is 48.5 Å². The minimum atomic E-state index is -1.24. The van der Waals surface area contributed by atoms with Crippen molar-refractivity contribution in [1.82, 2.24) is 9.97 Å². The maximum Gasteiger partial charge on any atom is 0.260 e. The topological polar surface area (TPSA) is 81.6 Å². The van der Waals surface area contributed by atoms with Gasteiger partial charge in [-0.25, -0.2) is 4.98 Å². The second kappa shape index (κ2) is 10.5. The molecule has 36 heavy (non-hydrogen) atoms. The molecule has 2 aromatic heterocycles. The summed E-state index contributed by atoms with van der Waals surface area (Å²) >= 11 is 0. The third-order valence-electron chi connectivity index (χ3n) is 6.56. The van der Waals surface area contributed by atoms with Gasteiger partial charge in [-0.1, -0.05) is 39.0 Å². The third-order valence-corrected chi connectivity index (χ3v) is 7.43. The fourth-order valence-electron chi connectivity index (χ4n) is 4.72. The number of rotatable bonds is 9. The molecule has 0 N–H and O–H groups in total. The largest absolute Gasteiger partial charge is 0.481 e. The highest BCUT2D eigenvalue weighted by Gasteiger charge is 2.39. The van der Waals surface area contributed by atoms with Gasteiger partial charge in [0.05, 0.1) is 13.2 Å². The van der Waals surface area contributed by atoms with Crippen molar-refractivity contribution < 1.29 is 18.8 Å². The predicted octanol–water partition coefficient (Wildman–Crippen LogP) is 5.49. The number of carbonyl (C=O) groups excluding carboxylic acids is 2. The Hall–Kier alpha value is -3.10. The van der Waals surface area contributed by atoms with Crippen LogP contribution in [0.2, 0.25) is 13.1 Å². The summed E-state index contributed by atoms with van der Waals surface area (Å²) in [5.41, 5.74) is 1.92. The van der Waals surface area contributed by atoms with Crippen LogP contribution in [0, 0.1) is 5.41 Å². The fraction of sp³-hybridized carbons (Fsp3) is 0.429. The molecule has 190 valence electrons. The molecule has 0 radical (unpaired) electrons. The molecule has 0 bridgehead atoms. The van der Waals surface area contributed by atoms with Crippen molar-refractivity contribution in [2.75, 3.05) is 12.0 Å². The Labute approximate surface area is 214 Å². The van der Waals surface area contributed by atoms with Gasteiger partial charge in [-0.15, -0.1) is 0 Å². The number of amides is 1. The molecule has 0 spiro atoms. The van der Waals surface area contributed by atoms with Crippen LogP contribution in [0.5, 0.6) is 5.88 Å². The summed E-state index contributed by atoms with van der Waals surface area (Å²) in [7, 11) is 0.314. The molecule has 3 heterocycles. The first kappa shape index (κ1) is 26.0. The fourth-order valence-corrected chi connectivity index (χ4v) is 5.92. The van der Waals surface area contributed by atoms with Crippen LogP contribution in [0.25, 0.3) is 11.0 Å². The molecule has 0 aliphatic carbocycles. The Morgan fingerprint density at radius 2 is 1.81 bits per heavy atom. The maximum absolute atomic E-state index is 13.5. The lowest BCUT2D eigenvalue weighted by Crippen LogP contribution is -2.34. The second-order valence-corrected chi connectivity index (χ2v) is 13.0. The molecule has 4 rings (SSSR count). The molecule has 7 nitrogen and oxygen atoms in total. The summed E-state index contributed by atoms with van der Waals surface area (Å²) in [6.07, 6.45) is 1.34. The van der Waals surface area contributed by atoms with Crippen LogP contribution >= 0.6 is 0 Å². The van der Waals surface area contributed by atoms with Gasteiger partial charge in [0.25, 0.3) is 5.91 Å². The Balaban J connectivity index is 1.61. The molecule has 1 aliphatic rings. The number of ketones is 1. The van der Waals surface area contributed by atoms with Crippen molar-refractivity contribution in [2.45, 2.75) is 65.3 Å². The van der Waals surface area contributed by atoms with E-state index in [2.05, 4.69) is 43.8 Å². The number of nitrogens with zero attached hydrogens (tertiary/aromatic N) is 3. The molecule has 3 aromatic rings. The summed E-state index contributed by atoms with van der Waals surface area (Å²) in [6, 6.07) is 14.4. The molecule has 1 aliphatic heterocycles. The predicted molar refractivity (Wildman–Crippen MR) is 144 cm³/mol. The van der Waals surface area contributed by atoms with Gasteiger partial charge >= 0.3 is 0 Å². The number of aromatic nitrogens is 2. The van der Waals surface area contributed by atoms with E-state index < -0.39 is 15.1 Å². The van der Waals surface area contributed by atoms with Crippen LogP contribution in [0.3, 0.4) is 0 Å². The van der Waals surface area contributed by atoms with Crippen LogP contribution in [-0.4, -0.2) is 43.9 Å². The number of methoxy groups -OCH3 is 1. The lowest BCUT2D eigenvalue weighted by molar-refractivity contribution is -0.120. The highest BCUT2D eigenvalue weighted by molar-refractivity contribution is 6.48. The standard InChI is InChI=1S/C28H35N3O4Si/c1-28(2,3)23(35-36(5)6)14-13-19(32)17-22-20-9-7-8-10-21(20)27(33)31(22)24-15-11-18-12-16-25(34-4)30-26(18)29-24/h7-12,15-16,22-23,36H,13-14,17H2,1-6H3. The number of hydrogen-bond donors (Lipinski definition) is 0. The molecule has 2 unspecified atom stereocenters. The number of ether oxygens (including phenoxy) is 1. The normalized spacial score (nSPS) is 16.5. The molecule has 2 atom stereocenters. The summed E-state index contributed by atoms with van der Waals surface area (Å²) in [6.45, 7) is 10.8.